The number of carbonyl (C=O) groups is 1. The minimum Gasteiger partial charge on any atom is -0.493 e. The molecule has 5 nitrogen and oxygen atoms in total. The van der Waals surface area contributed by atoms with E-state index in [0.29, 0.717) is 41.8 Å². The highest BCUT2D eigenvalue weighted by atomic mass is 35.5. The minimum atomic E-state index is -0.105. The fraction of sp³-hybridized carbons (Fsp3) is 0.435. The molecule has 0 aliphatic carbocycles. The van der Waals surface area contributed by atoms with Crippen LogP contribution in [-0.2, 0) is 11.3 Å². The Kier molecular flexibility index (Phi) is 7.78. The number of amides is 1. The van der Waals surface area contributed by atoms with Crippen LogP contribution in [0.1, 0.15) is 42.1 Å². The van der Waals surface area contributed by atoms with Crippen molar-refractivity contribution in [1.29, 1.82) is 0 Å². The van der Waals surface area contributed by atoms with E-state index in [4.69, 9.17) is 25.8 Å². The number of nitrogens with zero attached hydrogens (tertiary/aromatic N) is 1. The van der Waals surface area contributed by atoms with Crippen LogP contribution >= 0.6 is 11.6 Å². The first-order chi connectivity index (χ1) is 14.1. The summed E-state index contributed by atoms with van der Waals surface area (Å²) in [6, 6.07) is 13.3. The molecule has 0 saturated carbocycles. The van der Waals surface area contributed by atoms with Gasteiger partial charge in [-0.1, -0.05) is 48.9 Å². The molecule has 0 aromatic heterocycles. The molecule has 1 aliphatic rings. The summed E-state index contributed by atoms with van der Waals surface area (Å²) in [7, 11) is 1.55. The van der Waals surface area contributed by atoms with E-state index >= 15 is 0 Å². The molecule has 1 aliphatic heterocycles. The maximum Gasteiger partial charge on any atom is 0.254 e. The first-order valence-electron chi connectivity index (χ1n) is 10.1. The molecule has 0 spiro atoms. The van der Waals surface area contributed by atoms with Crippen LogP contribution in [0.2, 0.25) is 5.02 Å². The van der Waals surface area contributed by atoms with E-state index in [9.17, 15) is 4.79 Å². The predicted octanol–water partition coefficient (Wildman–Crippen LogP) is 4.96. The van der Waals surface area contributed by atoms with Gasteiger partial charge in [0.2, 0.25) is 0 Å². The normalized spacial score (nSPS) is 15.9. The zero-order valence-corrected chi connectivity index (χ0v) is 17.8. The molecular formula is C23H28ClNO4. The lowest BCUT2D eigenvalue weighted by molar-refractivity contribution is 0.0507. The van der Waals surface area contributed by atoms with E-state index in [1.54, 1.807) is 19.2 Å². The van der Waals surface area contributed by atoms with Crippen molar-refractivity contribution in [2.45, 2.75) is 38.8 Å². The lowest BCUT2D eigenvalue weighted by Gasteiger charge is -2.26. The topological polar surface area (TPSA) is 48.0 Å². The third-order valence-electron chi connectivity index (χ3n) is 4.88. The largest absolute Gasteiger partial charge is 0.493 e. The van der Waals surface area contributed by atoms with Crippen LogP contribution < -0.4 is 9.47 Å². The van der Waals surface area contributed by atoms with Crippen molar-refractivity contribution in [2.24, 2.45) is 0 Å². The maximum absolute atomic E-state index is 13.4. The minimum absolute atomic E-state index is 0.0622. The number of rotatable bonds is 9. The summed E-state index contributed by atoms with van der Waals surface area (Å²) in [5.74, 6) is 0.832. The summed E-state index contributed by atoms with van der Waals surface area (Å²) < 4.78 is 16.9. The Morgan fingerprint density at radius 1 is 1.28 bits per heavy atom. The molecule has 0 bridgehead atoms. The van der Waals surface area contributed by atoms with Gasteiger partial charge in [0, 0.05) is 25.3 Å². The molecule has 0 N–H and O–H groups in total. The zero-order chi connectivity index (χ0) is 20.6. The van der Waals surface area contributed by atoms with Crippen molar-refractivity contribution in [3.8, 4) is 11.5 Å². The van der Waals surface area contributed by atoms with Gasteiger partial charge in [-0.05, 0) is 37.0 Å². The first kappa shape index (κ1) is 21.5. The van der Waals surface area contributed by atoms with E-state index in [0.717, 1.165) is 31.4 Å². The van der Waals surface area contributed by atoms with Gasteiger partial charge in [-0.15, -0.1) is 0 Å². The highest BCUT2D eigenvalue weighted by Crippen LogP contribution is 2.37. The summed E-state index contributed by atoms with van der Waals surface area (Å²) in [6.07, 6.45) is 2.91. The van der Waals surface area contributed by atoms with Crippen molar-refractivity contribution >= 4 is 17.5 Å². The molecular weight excluding hydrogens is 390 g/mol. The number of halogens is 1. The van der Waals surface area contributed by atoms with E-state index in [1.807, 2.05) is 42.2 Å². The summed E-state index contributed by atoms with van der Waals surface area (Å²) in [6.45, 7) is 4.35. The fourth-order valence-electron chi connectivity index (χ4n) is 3.43. The third kappa shape index (κ3) is 5.64. The van der Waals surface area contributed by atoms with Gasteiger partial charge in [0.05, 0.1) is 24.8 Å². The Labute approximate surface area is 177 Å². The zero-order valence-electron chi connectivity index (χ0n) is 17.0. The SMILES string of the molecule is CCCOc1c(Cl)cc(C(=O)N(Cc2ccccc2)CC2CCCO2)cc1OC. The molecule has 1 fully saturated rings. The highest BCUT2D eigenvalue weighted by molar-refractivity contribution is 6.32. The van der Waals surface area contributed by atoms with Gasteiger partial charge in [-0.25, -0.2) is 0 Å². The van der Waals surface area contributed by atoms with Gasteiger partial charge >= 0.3 is 0 Å². The summed E-state index contributed by atoms with van der Waals surface area (Å²) in [5.41, 5.74) is 1.55. The highest BCUT2D eigenvalue weighted by Gasteiger charge is 2.25. The smallest absolute Gasteiger partial charge is 0.254 e. The fourth-order valence-corrected chi connectivity index (χ4v) is 3.69. The summed E-state index contributed by atoms with van der Waals surface area (Å²) in [4.78, 5) is 15.2. The van der Waals surface area contributed by atoms with Gasteiger partial charge < -0.3 is 19.1 Å². The molecule has 1 unspecified atom stereocenters. The van der Waals surface area contributed by atoms with Crippen molar-refractivity contribution in [3.05, 3.63) is 58.6 Å². The lowest BCUT2D eigenvalue weighted by atomic mass is 10.1. The number of carbonyl (C=O) groups excluding carboxylic acids is 1. The number of hydrogen-bond acceptors (Lipinski definition) is 4. The Bertz CT molecular complexity index is 806. The van der Waals surface area contributed by atoms with Gasteiger partial charge in [0.15, 0.2) is 11.5 Å². The summed E-state index contributed by atoms with van der Waals surface area (Å²) >= 11 is 6.43. The Hall–Kier alpha value is -2.24. The summed E-state index contributed by atoms with van der Waals surface area (Å²) in [5, 5.41) is 0.373. The van der Waals surface area contributed by atoms with Crippen LogP contribution in [0.4, 0.5) is 0 Å². The number of ether oxygens (including phenoxy) is 3. The Morgan fingerprint density at radius 3 is 2.72 bits per heavy atom. The second-order valence-electron chi connectivity index (χ2n) is 7.14. The predicted molar refractivity (Wildman–Crippen MR) is 114 cm³/mol. The van der Waals surface area contributed by atoms with Crippen molar-refractivity contribution < 1.29 is 19.0 Å². The Balaban J connectivity index is 1.86. The molecule has 3 rings (SSSR count). The van der Waals surface area contributed by atoms with E-state index in [-0.39, 0.29) is 12.0 Å². The molecule has 1 atom stereocenters. The molecule has 6 heteroatoms. The number of hydrogen-bond donors (Lipinski definition) is 0. The van der Waals surface area contributed by atoms with Crippen LogP contribution in [0, 0.1) is 0 Å². The monoisotopic (exact) mass is 417 g/mol. The van der Waals surface area contributed by atoms with E-state index in [2.05, 4.69) is 0 Å². The first-order valence-corrected chi connectivity index (χ1v) is 10.4. The standard InChI is InChI=1S/C23H28ClNO4/c1-3-11-29-22-20(24)13-18(14-21(22)27-2)23(26)25(16-19-10-7-12-28-19)15-17-8-5-4-6-9-17/h4-6,8-9,13-14,19H,3,7,10-12,15-16H2,1-2H3. The van der Waals surface area contributed by atoms with Crippen molar-refractivity contribution in [2.75, 3.05) is 26.9 Å². The van der Waals surface area contributed by atoms with E-state index in [1.165, 1.54) is 0 Å². The van der Waals surface area contributed by atoms with Crippen LogP contribution in [0.25, 0.3) is 0 Å². The van der Waals surface area contributed by atoms with Gasteiger partial charge in [0.25, 0.3) is 5.91 Å². The van der Waals surface area contributed by atoms with Gasteiger partial charge in [-0.2, -0.15) is 0 Å². The number of benzene rings is 2. The quantitative estimate of drug-likeness (QED) is 0.578. The van der Waals surface area contributed by atoms with Crippen LogP contribution in [0.15, 0.2) is 42.5 Å². The van der Waals surface area contributed by atoms with Crippen molar-refractivity contribution in [3.63, 3.8) is 0 Å². The molecule has 1 amide bonds. The molecule has 29 heavy (non-hydrogen) atoms. The van der Waals surface area contributed by atoms with Crippen LogP contribution in [-0.4, -0.2) is 43.8 Å². The molecule has 0 radical (unpaired) electrons. The van der Waals surface area contributed by atoms with Gasteiger partial charge in [0.1, 0.15) is 0 Å². The lowest BCUT2D eigenvalue weighted by Crippen LogP contribution is -2.37. The average Bonchev–Trinajstić information content (AvgIpc) is 3.25. The average molecular weight is 418 g/mol. The molecule has 1 saturated heterocycles. The molecule has 2 aromatic carbocycles. The Morgan fingerprint density at radius 2 is 2.07 bits per heavy atom. The number of methoxy groups -OCH3 is 1. The van der Waals surface area contributed by atoms with E-state index < -0.39 is 0 Å². The van der Waals surface area contributed by atoms with Crippen LogP contribution in [0.3, 0.4) is 0 Å². The second-order valence-corrected chi connectivity index (χ2v) is 7.55. The molecule has 156 valence electrons. The molecule has 2 aromatic rings. The molecule has 1 heterocycles. The maximum atomic E-state index is 13.4. The third-order valence-corrected chi connectivity index (χ3v) is 5.16. The second kappa shape index (κ2) is 10.5. The van der Waals surface area contributed by atoms with Gasteiger partial charge in [-0.3, -0.25) is 4.79 Å². The van der Waals surface area contributed by atoms with Crippen molar-refractivity contribution in [1.82, 2.24) is 4.90 Å². The van der Waals surface area contributed by atoms with Crippen LogP contribution in [0.5, 0.6) is 11.5 Å².